The number of rotatable bonds is 11. The minimum absolute atomic E-state index is 0.134. The number of carboxylic acid groups (broad SMARTS) is 1. The number of methoxy groups -OCH3 is 3. The monoisotopic (exact) mass is 569 g/mol. The van der Waals surface area contributed by atoms with Gasteiger partial charge in [0.25, 0.3) is 0 Å². The van der Waals surface area contributed by atoms with Crippen molar-refractivity contribution in [2.75, 3.05) is 32.4 Å². The second-order valence-electron chi connectivity index (χ2n) is 8.66. The first-order valence-electron chi connectivity index (χ1n) is 12.5. The third-order valence-electron chi connectivity index (χ3n) is 6.13. The van der Waals surface area contributed by atoms with E-state index in [1.807, 2.05) is 36.4 Å². The molecule has 41 heavy (non-hydrogen) atoms. The Morgan fingerprint density at radius 2 is 1.59 bits per heavy atom. The van der Waals surface area contributed by atoms with Crippen LogP contribution in [0.4, 0.5) is 5.69 Å². The topological polar surface area (TPSA) is 131 Å². The molecule has 4 rings (SSSR count). The first-order chi connectivity index (χ1) is 19.9. The number of aromatic carboxylic acids is 1. The smallest absolute Gasteiger partial charge is 0.335 e. The molecule has 1 aromatic heterocycles. The Hall–Kier alpha value is -5.01. The van der Waals surface area contributed by atoms with Crippen molar-refractivity contribution in [1.82, 2.24) is 4.98 Å². The number of amides is 1. The van der Waals surface area contributed by atoms with Gasteiger partial charge in [0, 0.05) is 29.0 Å². The van der Waals surface area contributed by atoms with Gasteiger partial charge in [0.05, 0.1) is 38.2 Å². The number of anilines is 1. The van der Waals surface area contributed by atoms with Crippen LogP contribution in [-0.2, 0) is 4.79 Å². The lowest BCUT2D eigenvalue weighted by Crippen LogP contribution is -2.12. The Morgan fingerprint density at radius 3 is 2.15 bits per heavy atom. The van der Waals surface area contributed by atoms with Gasteiger partial charge in [0.2, 0.25) is 11.7 Å². The molecule has 0 aliphatic carbocycles. The third-order valence-corrected chi connectivity index (χ3v) is 7.10. The number of nitrogens with zero attached hydrogens (tertiary/aromatic N) is 2. The van der Waals surface area contributed by atoms with Crippen LogP contribution in [0.3, 0.4) is 0 Å². The van der Waals surface area contributed by atoms with E-state index < -0.39 is 5.97 Å². The van der Waals surface area contributed by atoms with Gasteiger partial charge in [-0.15, -0.1) is 11.8 Å². The molecule has 0 unspecified atom stereocenters. The molecule has 0 radical (unpaired) electrons. The maximum absolute atomic E-state index is 12.6. The van der Waals surface area contributed by atoms with Crippen molar-refractivity contribution in [2.45, 2.75) is 11.4 Å². The van der Waals surface area contributed by atoms with Gasteiger partial charge < -0.3 is 24.6 Å². The maximum atomic E-state index is 12.6. The predicted octanol–water partition coefficient (Wildman–Crippen LogP) is 6.13. The van der Waals surface area contributed by atoms with Crippen molar-refractivity contribution in [3.05, 3.63) is 83.9 Å². The Balaban J connectivity index is 1.65. The molecule has 0 saturated heterocycles. The van der Waals surface area contributed by atoms with E-state index in [0.29, 0.717) is 56.1 Å². The molecule has 3 aromatic carbocycles. The first-order valence-corrected chi connectivity index (χ1v) is 13.4. The van der Waals surface area contributed by atoms with Gasteiger partial charge in [-0.25, -0.2) is 9.78 Å². The van der Waals surface area contributed by atoms with Crippen molar-refractivity contribution in [3.8, 4) is 45.7 Å². The molecule has 4 aromatic rings. The standard InChI is InChI=1S/C31H27N3O6S/c1-38-26-15-21(16-27(39-2)29(26)40-3)23-17-25(19-7-5-4-6-8-19)34-30(24(23)18-32)41-14-13-28(35)33-22-11-9-20(10-12-22)31(36)37/h4-12,15-17H,13-14H2,1-3H3,(H,33,35)(H,36,37). The fourth-order valence-electron chi connectivity index (χ4n) is 4.12. The van der Waals surface area contributed by atoms with E-state index in [0.717, 1.165) is 5.56 Å². The number of aromatic nitrogens is 1. The number of nitriles is 1. The normalized spacial score (nSPS) is 10.4. The molecule has 1 heterocycles. The van der Waals surface area contributed by atoms with Crippen LogP contribution in [-0.4, -0.2) is 49.0 Å². The second kappa shape index (κ2) is 13.4. The highest BCUT2D eigenvalue weighted by Gasteiger charge is 2.20. The minimum atomic E-state index is -1.04. The zero-order chi connectivity index (χ0) is 29.4. The Kier molecular flexibility index (Phi) is 9.45. The zero-order valence-electron chi connectivity index (χ0n) is 22.6. The molecule has 0 spiro atoms. The van der Waals surface area contributed by atoms with Gasteiger partial charge in [-0.3, -0.25) is 4.79 Å². The molecule has 0 saturated carbocycles. The molecule has 10 heteroatoms. The summed E-state index contributed by atoms with van der Waals surface area (Å²) in [5.74, 6) is 0.407. The van der Waals surface area contributed by atoms with Crippen LogP contribution in [0.2, 0.25) is 0 Å². The molecular formula is C31H27N3O6S. The maximum Gasteiger partial charge on any atom is 0.335 e. The highest BCUT2D eigenvalue weighted by atomic mass is 32.2. The average molecular weight is 570 g/mol. The Morgan fingerprint density at radius 1 is 0.927 bits per heavy atom. The van der Waals surface area contributed by atoms with Crippen molar-refractivity contribution >= 4 is 29.3 Å². The van der Waals surface area contributed by atoms with Crippen LogP contribution in [0.25, 0.3) is 22.4 Å². The van der Waals surface area contributed by atoms with Gasteiger partial charge in [-0.2, -0.15) is 5.26 Å². The number of hydrogen-bond acceptors (Lipinski definition) is 8. The second-order valence-corrected chi connectivity index (χ2v) is 9.74. The van der Waals surface area contributed by atoms with Gasteiger partial charge in [0.15, 0.2) is 11.5 Å². The molecule has 0 atom stereocenters. The number of ether oxygens (including phenoxy) is 3. The van der Waals surface area contributed by atoms with E-state index in [-0.39, 0.29) is 17.9 Å². The van der Waals surface area contributed by atoms with E-state index in [2.05, 4.69) is 11.4 Å². The summed E-state index contributed by atoms with van der Waals surface area (Å²) in [6.45, 7) is 0. The number of thioether (sulfide) groups is 1. The van der Waals surface area contributed by atoms with E-state index >= 15 is 0 Å². The summed E-state index contributed by atoms with van der Waals surface area (Å²) in [6.07, 6.45) is 0.146. The van der Waals surface area contributed by atoms with E-state index in [4.69, 9.17) is 24.3 Å². The number of hydrogen-bond donors (Lipinski definition) is 2. The lowest BCUT2D eigenvalue weighted by molar-refractivity contribution is -0.115. The number of nitrogens with one attached hydrogen (secondary N) is 1. The number of pyridine rings is 1. The van der Waals surface area contributed by atoms with Crippen molar-refractivity contribution in [3.63, 3.8) is 0 Å². The summed E-state index contributed by atoms with van der Waals surface area (Å²) in [7, 11) is 4.58. The SMILES string of the molecule is COc1cc(-c2cc(-c3ccccc3)nc(SCCC(=O)Nc3ccc(C(=O)O)cc3)c2C#N)cc(OC)c1OC. The summed E-state index contributed by atoms with van der Waals surface area (Å²) >= 11 is 1.30. The molecule has 0 bridgehead atoms. The fourth-order valence-corrected chi connectivity index (χ4v) is 5.06. The van der Waals surface area contributed by atoms with E-state index in [9.17, 15) is 14.9 Å². The van der Waals surface area contributed by atoms with Crippen molar-refractivity contribution < 1.29 is 28.9 Å². The zero-order valence-corrected chi connectivity index (χ0v) is 23.5. The largest absolute Gasteiger partial charge is 0.493 e. The molecule has 0 aliphatic heterocycles. The minimum Gasteiger partial charge on any atom is -0.493 e. The Labute approximate surface area is 241 Å². The van der Waals surface area contributed by atoms with Crippen LogP contribution in [0.15, 0.2) is 77.8 Å². The van der Waals surface area contributed by atoms with Crippen LogP contribution < -0.4 is 19.5 Å². The third kappa shape index (κ3) is 6.77. The quantitative estimate of drug-likeness (QED) is 0.205. The molecule has 9 nitrogen and oxygen atoms in total. The molecule has 0 aliphatic rings. The number of carboxylic acids is 1. The Bertz CT molecular complexity index is 1580. The molecule has 1 amide bonds. The molecular weight excluding hydrogens is 542 g/mol. The molecule has 0 fully saturated rings. The van der Waals surface area contributed by atoms with Gasteiger partial charge in [0.1, 0.15) is 11.1 Å². The van der Waals surface area contributed by atoms with Crippen LogP contribution >= 0.6 is 11.8 Å². The summed E-state index contributed by atoms with van der Waals surface area (Å²) in [4.78, 5) is 28.4. The summed E-state index contributed by atoms with van der Waals surface area (Å²) in [6, 6.07) is 23.2. The van der Waals surface area contributed by atoms with Crippen LogP contribution in [0.1, 0.15) is 22.3 Å². The lowest BCUT2D eigenvalue weighted by Gasteiger charge is -2.16. The van der Waals surface area contributed by atoms with E-state index in [1.54, 1.807) is 12.1 Å². The predicted molar refractivity (Wildman–Crippen MR) is 157 cm³/mol. The number of benzene rings is 3. The van der Waals surface area contributed by atoms with Crippen molar-refractivity contribution in [1.29, 1.82) is 5.26 Å². The van der Waals surface area contributed by atoms with E-state index in [1.165, 1.54) is 57.4 Å². The summed E-state index contributed by atoms with van der Waals surface area (Å²) in [5.41, 5.74) is 3.83. The number of carbonyl (C=O) groups is 2. The number of carbonyl (C=O) groups excluding carboxylic acids is 1. The van der Waals surface area contributed by atoms with Crippen molar-refractivity contribution in [2.24, 2.45) is 0 Å². The van der Waals surface area contributed by atoms with Gasteiger partial charge in [-0.1, -0.05) is 30.3 Å². The lowest BCUT2D eigenvalue weighted by atomic mass is 9.98. The highest BCUT2D eigenvalue weighted by Crippen LogP contribution is 2.43. The summed E-state index contributed by atoms with van der Waals surface area (Å²) in [5, 5.41) is 22.5. The molecule has 208 valence electrons. The summed E-state index contributed by atoms with van der Waals surface area (Å²) < 4.78 is 16.5. The fraction of sp³-hybridized carbons (Fsp3) is 0.161. The molecule has 2 N–H and O–H groups in total. The van der Waals surface area contributed by atoms with Crippen LogP contribution in [0.5, 0.6) is 17.2 Å². The van der Waals surface area contributed by atoms with Gasteiger partial charge >= 0.3 is 5.97 Å². The van der Waals surface area contributed by atoms with Crippen LogP contribution in [0, 0.1) is 11.3 Å². The highest BCUT2D eigenvalue weighted by molar-refractivity contribution is 7.99. The first kappa shape index (κ1) is 29.0. The average Bonchev–Trinajstić information content (AvgIpc) is 3.00. The van der Waals surface area contributed by atoms with Gasteiger partial charge in [-0.05, 0) is 48.0 Å².